The number of ether oxygens (including phenoxy) is 1. The number of carboxylic acid groups (broad SMARTS) is 2. The standard InChI is InChI=1S/C34H50O8/c1-18(15-24(35)19(2)20(3)30(40)41)21-11-14-33(7)22-9-10-25-31(4,5)27(42-29(39)17-28(37)38)12-13-32(25,6)23(22)16-26(36)34(21,33)8/h18,20-21,25-27,36H,2,9-17H2,1,3-8H3,(H,37,38)(H,40,41)/t18-,20?,21-,25+,26-,27-,32-,33+,34+/m1/s1. The Bertz CT molecular complexity index is 1210. The SMILES string of the molecule is C=C(C(=O)C[C@@H](C)[C@H]1CC[C@@]2(C)C3=C(C[C@@H](O)[C@]12C)[C@@]1(C)CC[C@@H](OC(=O)CC(=O)O)C(C)(C)[C@@H]1CC3)C(C)C(=O)O. The van der Waals surface area contributed by atoms with E-state index in [1.165, 1.54) is 18.1 Å². The lowest BCUT2D eigenvalue weighted by Gasteiger charge is -2.63. The quantitative estimate of drug-likeness (QED) is 0.130. The normalized spacial score (nSPS) is 38.4. The lowest BCUT2D eigenvalue weighted by Crippen LogP contribution is -2.58. The summed E-state index contributed by atoms with van der Waals surface area (Å²) in [6.45, 7) is 18.4. The first-order chi connectivity index (χ1) is 19.3. The fourth-order valence-electron chi connectivity index (χ4n) is 10.1. The first-order valence-electron chi connectivity index (χ1n) is 15.6. The maximum Gasteiger partial charge on any atom is 0.317 e. The highest BCUT2D eigenvalue weighted by Gasteiger charge is 2.66. The van der Waals surface area contributed by atoms with Gasteiger partial charge in [-0.2, -0.15) is 0 Å². The molecule has 4 aliphatic carbocycles. The average molecular weight is 587 g/mol. The van der Waals surface area contributed by atoms with Crippen LogP contribution >= 0.6 is 0 Å². The van der Waals surface area contributed by atoms with E-state index in [1.54, 1.807) is 0 Å². The molecule has 9 atom stereocenters. The molecule has 0 spiro atoms. The highest BCUT2D eigenvalue weighted by molar-refractivity contribution is 5.99. The Kier molecular flexibility index (Phi) is 8.42. The van der Waals surface area contributed by atoms with Crippen LogP contribution in [-0.4, -0.2) is 51.2 Å². The number of ketones is 1. The summed E-state index contributed by atoms with van der Waals surface area (Å²) in [6.07, 6.45) is 4.33. The van der Waals surface area contributed by atoms with E-state index in [9.17, 15) is 29.4 Å². The largest absolute Gasteiger partial charge is 0.481 e. The Morgan fingerprint density at radius 2 is 1.62 bits per heavy atom. The topological polar surface area (TPSA) is 138 Å². The molecule has 42 heavy (non-hydrogen) atoms. The molecule has 0 bridgehead atoms. The van der Waals surface area contributed by atoms with E-state index in [4.69, 9.17) is 9.84 Å². The number of aliphatic hydroxyl groups excluding tert-OH is 1. The van der Waals surface area contributed by atoms with Gasteiger partial charge in [0.05, 0.1) is 12.0 Å². The predicted molar refractivity (Wildman–Crippen MR) is 157 cm³/mol. The van der Waals surface area contributed by atoms with Crippen LogP contribution in [-0.2, 0) is 23.9 Å². The Morgan fingerprint density at radius 3 is 2.21 bits per heavy atom. The van der Waals surface area contributed by atoms with Gasteiger partial charge in [0.25, 0.3) is 0 Å². The van der Waals surface area contributed by atoms with Crippen LogP contribution in [0.5, 0.6) is 0 Å². The lowest BCUT2D eigenvalue weighted by molar-refractivity contribution is -0.173. The summed E-state index contributed by atoms with van der Waals surface area (Å²) >= 11 is 0. The van der Waals surface area contributed by atoms with Gasteiger partial charge in [-0.3, -0.25) is 19.2 Å². The van der Waals surface area contributed by atoms with Gasteiger partial charge in [-0.25, -0.2) is 0 Å². The minimum Gasteiger partial charge on any atom is -0.481 e. The van der Waals surface area contributed by atoms with Crippen molar-refractivity contribution >= 4 is 23.7 Å². The van der Waals surface area contributed by atoms with Crippen LogP contribution in [0.15, 0.2) is 23.3 Å². The molecule has 1 unspecified atom stereocenters. The minimum atomic E-state index is -1.19. The Balaban J connectivity index is 1.61. The second kappa shape index (κ2) is 10.9. The van der Waals surface area contributed by atoms with Crippen molar-refractivity contribution in [1.29, 1.82) is 0 Å². The van der Waals surface area contributed by atoms with E-state index >= 15 is 0 Å². The van der Waals surface area contributed by atoms with Crippen molar-refractivity contribution in [3.8, 4) is 0 Å². The number of carboxylic acids is 2. The average Bonchev–Trinajstić information content (AvgIpc) is 3.17. The van der Waals surface area contributed by atoms with Gasteiger partial charge in [0.15, 0.2) is 5.78 Å². The van der Waals surface area contributed by atoms with E-state index in [-0.39, 0.29) is 57.9 Å². The number of carbonyl (C=O) groups is 4. The van der Waals surface area contributed by atoms with Crippen molar-refractivity contribution < 1.29 is 39.2 Å². The second-order valence-corrected chi connectivity index (χ2v) is 15.0. The van der Waals surface area contributed by atoms with Crippen LogP contribution in [0.25, 0.3) is 0 Å². The van der Waals surface area contributed by atoms with Crippen molar-refractivity contribution in [2.75, 3.05) is 0 Å². The molecule has 0 aromatic heterocycles. The molecule has 0 aliphatic heterocycles. The molecule has 0 radical (unpaired) electrons. The molecule has 234 valence electrons. The highest BCUT2D eigenvalue weighted by Crippen LogP contribution is 2.72. The van der Waals surface area contributed by atoms with Crippen LogP contribution in [0.4, 0.5) is 0 Å². The Morgan fingerprint density at radius 1 is 0.976 bits per heavy atom. The van der Waals surface area contributed by atoms with Crippen molar-refractivity contribution in [3.05, 3.63) is 23.3 Å². The number of allylic oxidation sites excluding steroid dienone is 1. The molecule has 0 aromatic rings. The third-order valence-electron chi connectivity index (χ3n) is 12.8. The zero-order chi connectivity index (χ0) is 31.6. The number of Topliss-reactive ketones (excluding diaryl/α,β-unsaturated/α-hetero) is 1. The van der Waals surface area contributed by atoms with Crippen LogP contribution in [0.3, 0.4) is 0 Å². The molecule has 8 heteroatoms. The van der Waals surface area contributed by atoms with Crippen molar-refractivity contribution in [3.63, 3.8) is 0 Å². The maximum absolute atomic E-state index is 13.0. The summed E-state index contributed by atoms with van der Waals surface area (Å²) in [5.74, 6) is -3.77. The van der Waals surface area contributed by atoms with Crippen LogP contribution in [0.1, 0.15) is 106 Å². The molecule has 4 aliphatic rings. The van der Waals surface area contributed by atoms with Crippen molar-refractivity contribution in [1.82, 2.24) is 0 Å². The number of hydrogen-bond acceptors (Lipinski definition) is 6. The van der Waals surface area contributed by atoms with Gasteiger partial charge in [0, 0.05) is 22.8 Å². The molecular formula is C34H50O8. The fourth-order valence-corrected chi connectivity index (χ4v) is 10.1. The summed E-state index contributed by atoms with van der Waals surface area (Å²) in [6, 6.07) is 0. The van der Waals surface area contributed by atoms with Gasteiger partial charge in [-0.15, -0.1) is 0 Å². The van der Waals surface area contributed by atoms with Gasteiger partial charge in [-0.05, 0) is 80.5 Å². The fraction of sp³-hybridized carbons (Fsp3) is 0.765. The third kappa shape index (κ3) is 4.86. The Hall–Kier alpha value is -2.48. The minimum absolute atomic E-state index is 0.0272. The van der Waals surface area contributed by atoms with E-state index in [0.29, 0.717) is 12.8 Å². The molecule has 0 saturated heterocycles. The smallest absolute Gasteiger partial charge is 0.317 e. The van der Waals surface area contributed by atoms with E-state index < -0.39 is 41.8 Å². The van der Waals surface area contributed by atoms with E-state index in [0.717, 1.165) is 32.1 Å². The number of aliphatic carboxylic acids is 2. The molecule has 4 rings (SSSR count). The Labute approximate surface area is 250 Å². The number of hydrogen-bond donors (Lipinski definition) is 3. The van der Waals surface area contributed by atoms with E-state index in [1.807, 2.05) is 0 Å². The number of aliphatic hydroxyl groups is 1. The molecule has 2 saturated carbocycles. The summed E-state index contributed by atoms with van der Waals surface area (Å²) in [7, 11) is 0. The monoisotopic (exact) mass is 586 g/mol. The van der Waals surface area contributed by atoms with Crippen LogP contribution in [0.2, 0.25) is 0 Å². The van der Waals surface area contributed by atoms with Gasteiger partial charge in [-0.1, -0.05) is 59.3 Å². The molecule has 2 fully saturated rings. The molecule has 8 nitrogen and oxygen atoms in total. The number of rotatable bonds is 9. The number of fused-ring (bicyclic) bond motifs is 4. The molecule has 0 aromatic carbocycles. The lowest BCUT2D eigenvalue weighted by atomic mass is 9.42. The first-order valence-corrected chi connectivity index (χ1v) is 15.6. The van der Waals surface area contributed by atoms with Crippen LogP contribution < -0.4 is 0 Å². The van der Waals surface area contributed by atoms with Gasteiger partial charge in [0.1, 0.15) is 12.5 Å². The summed E-state index contributed by atoms with van der Waals surface area (Å²) in [5, 5.41) is 30.4. The predicted octanol–water partition coefficient (Wildman–Crippen LogP) is 5.97. The van der Waals surface area contributed by atoms with Gasteiger partial charge in [0.2, 0.25) is 0 Å². The van der Waals surface area contributed by atoms with Crippen LogP contribution in [0, 0.1) is 45.3 Å². The van der Waals surface area contributed by atoms with Gasteiger partial charge >= 0.3 is 17.9 Å². The molecule has 3 N–H and O–H groups in total. The van der Waals surface area contributed by atoms with E-state index in [2.05, 4.69) is 48.1 Å². The van der Waals surface area contributed by atoms with Crippen molar-refractivity contribution in [2.24, 2.45) is 45.3 Å². The maximum atomic E-state index is 13.0. The molecule has 0 amide bonds. The second-order valence-electron chi connectivity index (χ2n) is 15.0. The van der Waals surface area contributed by atoms with Crippen molar-refractivity contribution in [2.45, 2.75) is 118 Å². The molecular weight excluding hydrogens is 536 g/mol. The summed E-state index contributed by atoms with van der Waals surface area (Å²) in [4.78, 5) is 47.8. The first kappa shape index (κ1) is 32.4. The summed E-state index contributed by atoms with van der Waals surface area (Å²) < 4.78 is 5.74. The number of esters is 1. The summed E-state index contributed by atoms with van der Waals surface area (Å²) in [5.41, 5.74) is 1.77. The highest BCUT2D eigenvalue weighted by atomic mass is 16.5. The zero-order valence-corrected chi connectivity index (χ0v) is 26.4. The van der Waals surface area contributed by atoms with Gasteiger partial charge < -0.3 is 20.1 Å². The number of carbonyl (C=O) groups excluding carboxylic acids is 2. The molecule has 0 heterocycles. The third-order valence-corrected chi connectivity index (χ3v) is 12.8. The zero-order valence-electron chi connectivity index (χ0n) is 26.4.